The van der Waals surface area contributed by atoms with Crippen molar-refractivity contribution in [3.05, 3.63) is 0 Å². The molecule has 1 N–H and O–H groups in total. The molecule has 0 heterocycles. The summed E-state index contributed by atoms with van der Waals surface area (Å²) in [5.41, 5.74) is 0. The predicted molar refractivity (Wildman–Crippen MR) is 73.5 cm³/mol. The highest BCUT2D eigenvalue weighted by molar-refractivity contribution is 4.46. The summed E-state index contributed by atoms with van der Waals surface area (Å²) in [6, 6.07) is 0. The third-order valence-electron chi connectivity index (χ3n) is 2.57. The molecule has 0 atom stereocenters. The van der Waals surface area contributed by atoms with Crippen molar-refractivity contribution < 1.29 is 9.47 Å². The largest absolute Gasteiger partial charge is 0.379 e. The van der Waals surface area contributed by atoms with Crippen molar-refractivity contribution in [3.8, 4) is 0 Å². The van der Waals surface area contributed by atoms with Crippen LogP contribution in [0.5, 0.6) is 0 Å². The lowest BCUT2D eigenvalue weighted by atomic mass is 10.1. The second-order valence-electron chi connectivity index (χ2n) is 4.86. The van der Waals surface area contributed by atoms with Crippen LogP contribution in [-0.4, -0.2) is 39.5 Å². The molecule has 0 aromatic rings. The lowest BCUT2D eigenvalue weighted by molar-refractivity contribution is 0.0467. The SMILES string of the molecule is CCCCNCCOCCOCCCC(C)C. The molecule has 0 saturated heterocycles. The summed E-state index contributed by atoms with van der Waals surface area (Å²) >= 11 is 0. The molecule has 17 heavy (non-hydrogen) atoms. The number of rotatable bonds is 13. The molecule has 3 nitrogen and oxygen atoms in total. The molecule has 0 aliphatic rings. The van der Waals surface area contributed by atoms with E-state index in [1.807, 2.05) is 0 Å². The monoisotopic (exact) mass is 245 g/mol. The molecule has 104 valence electrons. The smallest absolute Gasteiger partial charge is 0.0701 e. The molecule has 0 fully saturated rings. The van der Waals surface area contributed by atoms with Crippen LogP contribution in [0.15, 0.2) is 0 Å². The molecule has 3 heteroatoms. The summed E-state index contributed by atoms with van der Waals surface area (Å²) in [5, 5.41) is 3.34. The normalized spacial score (nSPS) is 11.3. The Morgan fingerprint density at radius 2 is 1.59 bits per heavy atom. The summed E-state index contributed by atoms with van der Waals surface area (Å²) in [4.78, 5) is 0. The lowest BCUT2D eigenvalue weighted by Gasteiger charge is -2.07. The van der Waals surface area contributed by atoms with Crippen LogP contribution in [0.25, 0.3) is 0 Å². The third kappa shape index (κ3) is 15.9. The first-order chi connectivity index (χ1) is 8.27. The van der Waals surface area contributed by atoms with Gasteiger partial charge in [0.1, 0.15) is 0 Å². The van der Waals surface area contributed by atoms with Gasteiger partial charge in [-0.3, -0.25) is 0 Å². The maximum Gasteiger partial charge on any atom is 0.0701 e. The minimum absolute atomic E-state index is 0.719. The van der Waals surface area contributed by atoms with E-state index in [0.717, 1.165) is 51.9 Å². The number of unbranched alkanes of at least 4 members (excludes halogenated alkanes) is 1. The number of ether oxygens (including phenoxy) is 2. The highest BCUT2D eigenvalue weighted by Gasteiger charge is 1.94. The standard InChI is InChI=1S/C14H31NO2/c1-4-5-8-15-9-11-17-13-12-16-10-6-7-14(2)3/h14-15H,4-13H2,1-3H3. The molecular formula is C14H31NO2. The zero-order chi connectivity index (χ0) is 12.8. The average molecular weight is 245 g/mol. The molecule has 0 radical (unpaired) electrons. The third-order valence-corrected chi connectivity index (χ3v) is 2.57. The summed E-state index contributed by atoms with van der Waals surface area (Å²) in [5.74, 6) is 0.782. The van der Waals surface area contributed by atoms with Gasteiger partial charge in [-0.05, 0) is 31.7 Å². The van der Waals surface area contributed by atoms with Crippen LogP contribution < -0.4 is 5.32 Å². The van der Waals surface area contributed by atoms with Gasteiger partial charge in [-0.15, -0.1) is 0 Å². The second kappa shape index (κ2) is 13.9. The Labute approximate surface area is 107 Å². The van der Waals surface area contributed by atoms with Crippen LogP contribution in [0.4, 0.5) is 0 Å². The van der Waals surface area contributed by atoms with Crippen molar-refractivity contribution in [3.63, 3.8) is 0 Å². The zero-order valence-electron chi connectivity index (χ0n) is 12.0. The maximum absolute atomic E-state index is 5.48. The molecule has 0 aromatic heterocycles. The number of hydrogen-bond acceptors (Lipinski definition) is 3. The van der Waals surface area contributed by atoms with Crippen molar-refractivity contribution in [1.29, 1.82) is 0 Å². The Balaban J connectivity index is 2.89. The molecule has 0 unspecified atom stereocenters. The summed E-state index contributed by atoms with van der Waals surface area (Å²) in [7, 11) is 0. The quantitative estimate of drug-likeness (QED) is 0.506. The fourth-order valence-corrected chi connectivity index (χ4v) is 1.49. The average Bonchev–Trinajstić information content (AvgIpc) is 2.30. The molecule has 0 aliphatic carbocycles. The number of hydrogen-bond donors (Lipinski definition) is 1. The first-order valence-corrected chi connectivity index (χ1v) is 7.13. The van der Waals surface area contributed by atoms with E-state index < -0.39 is 0 Å². The van der Waals surface area contributed by atoms with E-state index in [1.54, 1.807) is 0 Å². The van der Waals surface area contributed by atoms with Crippen LogP contribution in [0.1, 0.15) is 46.5 Å². The lowest BCUT2D eigenvalue weighted by Crippen LogP contribution is -2.21. The zero-order valence-corrected chi connectivity index (χ0v) is 12.0. The van der Waals surface area contributed by atoms with Crippen LogP contribution >= 0.6 is 0 Å². The molecule has 0 saturated carbocycles. The van der Waals surface area contributed by atoms with Crippen LogP contribution in [0, 0.1) is 5.92 Å². The van der Waals surface area contributed by atoms with Crippen molar-refractivity contribution in [1.82, 2.24) is 5.32 Å². The van der Waals surface area contributed by atoms with Gasteiger partial charge in [0.2, 0.25) is 0 Å². The fraction of sp³-hybridized carbons (Fsp3) is 1.00. The summed E-state index contributed by atoms with van der Waals surface area (Å²) in [6.45, 7) is 11.9. The van der Waals surface area contributed by atoms with E-state index in [0.29, 0.717) is 0 Å². The maximum atomic E-state index is 5.48. The molecule has 0 aliphatic heterocycles. The minimum Gasteiger partial charge on any atom is -0.379 e. The highest BCUT2D eigenvalue weighted by Crippen LogP contribution is 2.02. The van der Waals surface area contributed by atoms with E-state index in [2.05, 4.69) is 26.1 Å². The Kier molecular flexibility index (Phi) is 13.8. The van der Waals surface area contributed by atoms with Gasteiger partial charge in [0.15, 0.2) is 0 Å². The number of nitrogens with one attached hydrogen (secondary N) is 1. The van der Waals surface area contributed by atoms with Gasteiger partial charge in [0, 0.05) is 13.2 Å². The van der Waals surface area contributed by atoms with E-state index in [4.69, 9.17) is 9.47 Å². The second-order valence-corrected chi connectivity index (χ2v) is 4.86. The van der Waals surface area contributed by atoms with E-state index in [1.165, 1.54) is 19.3 Å². The molecular weight excluding hydrogens is 214 g/mol. The summed E-state index contributed by atoms with van der Waals surface area (Å²) < 4.78 is 10.9. The van der Waals surface area contributed by atoms with Gasteiger partial charge >= 0.3 is 0 Å². The van der Waals surface area contributed by atoms with Crippen LogP contribution in [0.2, 0.25) is 0 Å². The van der Waals surface area contributed by atoms with E-state index >= 15 is 0 Å². The Hall–Kier alpha value is -0.120. The molecule has 0 spiro atoms. The van der Waals surface area contributed by atoms with Gasteiger partial charge in [-0.2, -0.15) is 0 Å². The van der Waals surface area contributed by atoms with Crippen molar-refractivity contribution in [2.75, 3.05) is 39.5 Å². The first-order valence-electron chi connectivity index (χ1n) is 7.13. The molecule has 0 bridgehead atoms. The Bertz CT molecular complexity index is 140. The minimum atomic E-state index is 0.719. The molecule has 0 rings (SSSR count). The molecule has 0 amide bonds. The van der Waals surface area contributed by atoms with Gasteiger partial charge in [0.05, 0.1) is 19.8 Å². The topological polar surface area (TPSA) is 30.5 Å². The van der Waals surface area contributed by atoms with Crippen LogP contribution in [-0.2, 0) is 9.47 Å². The Morgan fingerprint density at radius 3 is 2.24 bits per heavy atom. The molecule has 0 aromatic carbocycles. The van der Waals surface area contributed by atoms with Crippen molar-refractivity contribution in [2.24, 2.45) is 5.92 Å². The van der Waals surface area contributed by atoms with Gasteiger partial charge in [-0.25, -0.2) is 0 Å². The van der Waals surface area contributed by atoms with Crippen molar-refractivity contribution >= 4 is 0 Å². The predicted octanol–water partition coefficient (Wildman–Crippen LogP) is 2.85. The van der Waals surface area contributed by atoms with E-state index in [9.17, 15) is 0 Å². The van der Waals surface area contributed by atoms with Gasteiger partial charge in [-0.1, -0.05) is 27.2 Å². The van der Waals surface area contributed by atoms with Gasteiger partial charge in [0.25, 0.3) is 0 Å². The highest BCUT2D eigenvalue weighted by atomic mass is 16.5. The first kappa shape index (κ1) is 16.9. The van der Waals surface area contributed by atoms with Crippen LogP contribution in [0.3, 0.4) is 0 Å². The Morgan fingerprint density at radius 1 is 0.882 bits per heavy atom. The van der Waals surface area contributed by atoms with Gasteiger partial charge < -0.3 is 14.8 Å². The van der Waals surface area contributed by atoms with E-state index in [-0.39, 0.29) is 0 Å². The summed E-state index contributed by atoms with van der Waals surface area (Å²) in [6.07, 6.45) is 4.91. The van der Waals surface area contributed by atoms with Crippen molar-refractivity contribution in [2.45, 2.75) is 46.5 Å². The fourth-order valence-electron chi connectivity index (χ4n) is 1.49.